The van der Waals surface area contributed by atoms with Gasteiger partial charge in [-0.3, -0.25) is 0 Å². The zero-order valence-corrected chi connectivity index (χ0v) is 12.4. The smallest absolute Gasteiger partial charge is 0.226 e. The van der Waals surface area contributed by atoms with Crippen molar-refractivity contribution in [2.75, 3.05) is 17.2 Å². The molecule has 0 atom stereocenters. The van der Waals surface area contributed by atoms with Crippen LogP contribution in [0.2, 0.25) is 0 Å². The van der Waals surface area contributed by atoms with Gasteiger partial charge in [0.1, 0.15) is 5.52 Å². The largest absolute Gasteiger partial charge is 0.354 e. The molecule has 0 aliphatic carbocycles. The van der Waals surface area contributed by atoms with Crippen molar-refractivity contribution in [1.29, 1.82) is 0 Å². The van der Waals surface area contributed by atoms with E-state index in [1.807, 2.05) is 19.1 Å². The maximum Gasteiger partial charge on any atom is 0.226 e. The molecule has 0 radical (unpaired) electrons. The van der Waals surface area contributed by atoms with Crippen molar-refractivity contribution in [3.8, 4) is 0 Å². The molecular formula is C15H18N6. The van der Waals surface area contributed by atoms with E-state index < -0.39 is 0 Å². The predicted molar refractivity (Wildman–Crippen MR) is 85.0 cm³/mol. The van der Waals surface area contributed by atoms with Crippen molar-refractivity contribution in [2.24, 2.45) is 0 Å². The number of nitrogens with one attached hydrogen (secondary N) is 3. The van der Waals surface area contributed by atoms with Crippen LogP contribution in [0.15, 0.2) is 24.5 Å². The van der Waals surface area contributed by atoms with E-state index in [9.17, 15) is 0 Å². The van der Waals surface area contributed by atoms with Crippen molar-refractivity contribution in [3.63, 3.8) is 0 Å². The molecule has 2 aromatic heterocycles. The van der Waals surface area contributed by atoms with Gasteiger partial charge in [0.25, 0.3) is 0 Å². The monoisotopic (exact) mass is 282 g/mol. The summed E-state index contributed by atoms with van der Waals surface area (Å²) in [6.45, 7) is 6.96. The lowest BCUT2D eigenvalue weighted by atomic mass is 10.1. The highest BCUT2D eigenvalue weighted by Gasteiger charge is 2.11. The van der Waals surface area contributed by atoms with Crippen LogP contribution in [0.5, 0.6) is 0 Å². The molecule has 3 rings (SSSR count). The number of nitrogens with zero attached hydrogens (tertiary/aromatic N) is 3. The van der Waals surface area contributed by atoms with E-state index in [1.165, 1.54) is 11.1 Å². The summed E-state index contributed by atoms with van der Waals surface area (Å²) in [6, 6.07) is 6.16. The van der Waals surface area contributed by atoms with Gasteiger partial charge >= 0.3 is 0 Å². The normalized spacial score (nSPS) is 10.8. The van der Waals surface area contributed by atoms with Gasteiger partial charge in [-0.25, -0.2) is 4.98 Å². The molecule has 0 spiro atoms. The average molecular weight is 282 g/mol. The first kappa shape index (κ1) is 13.4. The number of aromatic nitrogens is 4. The zero-order chi connectivity index (χ0) is 14.8. The summed E-state index contributed by atoms with van der Waals surface area (Å²) in [7, 11) is 0. The quantitative estimate of drug-likeness (QED) is 0.685. The van der Waals surface area contributed by atoms with Crippen molar-refractivity contribution in [3.05, 3.63) is 35.7 Å². The Labute approximate surface area is 123 Å². The molecule has 0 aliphatic rings. The highest BCUT2D eigenvalue weighted by atomic mass is 15.2. The third-order valence-electron chi connectivity index (χ3n) is 3.48. The highest BCUT2D eigenvalue weighted by molar-refractivity contribution is 5.86. The fraction of sp³-hybridized carbons (Fsp3) is 0.267. The molecule has 0 fully saturated rings. The van der Waals surface area contributed by atoms with Crippen molar-refractivity contribution in [1.82, 2.24) is 19.9 Å². The Morgan fingerprint density at radius 2 is 2.05 bits per heavy atom. The number of benzene rings is 1. The van der Waals surface area contributed by atoms with Crippen LogP contribution in [0.1, 0.15) is 18.1 Å². The van der Waals surface area contributed by atoms with Crippen LogP contribution in [0, 0.1) is 13.8 Å². The average Bonchev–Trinajstić information content (AvgIpc) is 2.93. The fourth-order valence-electron chi connectivity index (χ4n) is 2.17. The van der Waals surface area contributed by atoms with Gasteiger partial charge in [0.05, 0.1) is 6.33 Å². The lowest BCUT2D eigenvalue weighted by molar-refractivity contribution is 1.10. The van der Waals surface area contributed by atoms with E-state index in [4.69, 9.17) is 0 Å². The Hall–Kier alpha value is -2.63. The maximum absolute atomic E-state index is 4.52. The van der Waals surface area contributed by atoms with Crippen LogP contribution >= 0.6 is 0 Å². The summed E-state index contributed by atoms with van der Waals surface area (Å²) in [5.74, 6) is 1.30. The second kappa shape index (κ2) is 5.40. The summed E-state index contributed by atoms with van der Waals surface area (Å²) in [5.41, 5.74) is 4.92. The van der Waals surface area contributed by atoms with Gasteiger partial charge in [0, 0.05) is 12.2 Å². The van der Waals surface area contributed by atoms with Crippen molar-refractivity contribution >= 4 is 28.6 Å². The third kappa shape index (κ3) is 2.52. The van der Waals surface area contributed by atoms with Gasteiger partial charge in [-0.15, -0.1) is 0 Å². The molecule has 1 aromatic carbocycles. The Morgan fingerprint density at radius 3 is 2.86 bits per heavy atom. The van der Waals surface area contributed by atoms with E-state index in [0.29, 0.717) is 11.6 Å². The molecule has 2 heterocycles. The van der Waals surface area contributed by atoms with Crippen LogP contribution in [-0.4, -0.2) is 26.5 Å². The van der Waals surface area contributed by atoms with Crippen LogP contribution in [0.3, 0.4) is 0 Å². The topological polar surface area (TPSA) is 78.5 Å². The molecular weight excluding hydrogens is 264 g/mol. The SMILES string of the molecule is CCNc1nc(Nc2cccc(C)c2C)c2[nH]cnc2n1. The highest BCUT2D eigenvalue weighted by Crippen LogP contribution is 2.26. The number of rotatable bonds is 4. The second-order valence-electron chi connectivity index (χ2n) is 4.90. The molecule has 108 valence electrons. The summed E-state index contributed by atoms with van der Waals surface area (Å²) in [4.78, 5) is 16.2. The third-order valence-corrected chi connectivity index (χ3v) is 3.48. The first-order chi connectivity index (χ1) is 10.2. The minimum Gasteiger partial charge on any atom is -0.354 e. The lowest BCUT2D eigenvalue weighted by Crippen LogP contribution is -2.05. The standard InChI is InChI=1S/C15H18N6/c1-4-16-15-20-13-12(17-8-18-13)14(21-15)19-11-7-5-6-9(2)10(11)3/h5-8H,4H2,1-3H3,(H3,16,17,18,19,20,21). The molecule has 6 nitrogen and oxygen atoms in total. The van der Waals surface area contributed by atoms with Gasteiger partial charge in [0.2, 0.25) is 5.95 Å². The van der Waals surface area contributed by atoms with E-state index in [0.717, 1.165) is 23.6 Å². The molecule has 0 saturated carbocycles. The second-order valence-corrected chi connectivity index (χ2v) is 4.90. The van der Waals surface area contributed by atoms with E-state index in [1.54, 1.807) is 6.33 Å². The molecule has 0 bridgehead atoms. The van der Waals surface area contributed by atoms with Crippen LogP contribution < -0.4 is 10.6 Å². The number of aryl methyl sites for hydroxylation is 1. The molecule has 21 heavy (non-hydrogen) atoms. The lowest BCUT2D eigenvalue weighted by Gasteiger charge is -2.12. The van der Waals surface area contributed by atoms with Gasteiger partial charge < -0.3 is 15.6 Å². The number of imidazole rings is 1. The summed E-state index contributed by atoms with van der Waals surface area (Å²) < 4.78 is 0. The number of aromatic amines is 1. The molecule has 3 N–H and O–H groups in total. The maximum atomic E-state index is 4.52. The van der Waals surface area contributed by atoms with Gasteiger partial charge in [-0.05, 0) is 38.0 Å². The van der Waals surface area contributed by atoms with E-state index >= 15 is 0 Å². The molecule has 0 aliphatic heterocycles. The Morgan fingerprint density at radius 1 is 1.19 bits per heavy atom. The molecule has 0 unspecified atom stereocenters. The number of H-pyrrole nitrogens is 1. The van der Waals surface area contributed by atoms with Crippen molar-refractivity contribution in [2.45, 2.75) is 20.8 Å². The van der Waals surface area contributed by atoms with Crippen LogP contribution in [-0.2, 0) is 0 Å². The van der Waals surface area contributed by atoms with E-state index in [-0.39, 0.29) is 0 Å². The van der Waals surface area contributed by atoms with Gasteiger partial charge in [0.15, 0.2) is 11.5 Å². The number of fused-ring (bicyclic) bond motifs is 1. The molecule has 3 aromatic rings. The minimum absolute atomic E-state index is 0.574. The fourth-order valence-corrected chi connectivity index (χ4v) is 2.17. The summed E-state index contributed by atoms with van der Waals surface area (Å²) >= 11 is 0. The molecule has 0 amide bonds. The molecule has 6 heteroatoms. The number of anilines is 3. The Balaban J connectivity index is 2.06. The van der Waals surface area contributed by atoms with E-state index in [2.05, 4.69) is 50.5 Å². The predicted octanol–water partition coefficient (Wildman–Crippen LogP) is 3.15. The summed E-state index contributed by atoms with van der Waals surface area (Å²) in [6.07, 6.45) is 1.63. The first-order valence-electron chi connectivity index (χ1n) is 6.97. The minimum atomic E-state index is 0.574. The number of hydrogen-bond acceptors (Lipinski definition) is 5. The van der Waals surface area contributed by atoms with Crippen molar-refractivity contribution < 1.29 is 0 Å². The Kier molecular flexibility index (Phi) is 3.43. The zero-order valence-electron chi connectivity index (χ0n) is 12.4. The number of hydrogen-bond donors (Lipinski definition) is 3. The first-order valence-corrected chi connectivity index (χ1v) is 6.97. The van der Waals surface area contributed by atoms with Crippen LogP contribution in [0.25, 0.3) is 11.2 Å². The Bertz CT molecular complexity index is 777. The van der Waals surface area contributed by atoms with Gasteiger partial charge in [-0.2, -0.15) is 9.97 Å². The molecule has 0 saturated heterocycles. The van der Waals surface area contributed by atoms with Crippen LogP contribution in [0.4, 0.5) is 17.5 Å². The summed E-state index contributed by atoms with van der Waals surface area (Å²) in [5, 5.41) is 6.50. The van der Waals surface area contributed by atoms with Gasteiger partial charge in [-0.1, -0.05) is 12.1 Å².